The lowest BCUT2D eigenvalue weighted by Gasteiger charge is -2.37. The number of hydrogen-bond acceptors (Lipinski definition) is 3. The quantitative estimate of drug-likeness (QED) is 0.891. The van der Waals surface area contributed by atoms with Crippen LogP contribution in [0.5, 0.6) is 0 Å². The fourth-order valence-electron chi connectivity index (χ4n) is 3.81. The number of hydrogen-bond donors (Lipinski definition) is 1. The second-order valence-corrected chi connectivity index (χ2v) is 5.69. The zero-order chi connectivity index (χ0) is 12.6. The van der Waals surface area contributed by atoms with Gasteiger partial charge in [-0.15, -0.1) is 0 Å². The highest BCUT2D eigenvalue weighted by Crippen LogP contribution is 2.43. The number of aromatic nitrogens is 1. The molecule has 2 aliphatic rings. The Labute approximate surface area is 109 Å². The molecular formula is C15H22N2O. The number of aryl methyl sites for hydroxylation is 1. The summed E-state index contributed by atoms with van der Waals surface area (Å²) in [5.41, 5.74) is 9.07. The normalized spacial score (nSPS) is 27.1. The third kappa shape index (κ3) is 1.77. The van der Waals surface area contributed by atoms with Crippen molar-refractivity contribution < 1.29 is 4.74 Å². The number of fused-ring (bicyclic) bond motifs is 1. The minimum atomic E-state index is -0.107. The average molecular weight is 246 g/mol. The minimum absolute atomic E-state index is 0.0844. The van der Waals surface area contributed by atoms with Gasteiger partial charge >= 0.3 is 0 Å². The zero-order valence-corrected chi connectivity index (χ0v) is 11.1. The predicted molar refractivity (Wildman–Crippen MR) is 71.5 cm³/mol. The molecule has 3 nitrogen and oxygen atoms in total. The first-order valence-electron chi connectivity index (χ1n) is 7.01. The fraction of sp³-hybridized carbons (Fsp3) is 0.667. The van der Waals surface area contributed by atoms with Crippen LogP contribution in [-0.2, 0) is 11.2 Å². The van der Waals surface area contributed by atoms with Gasteiger partial charge in [-0.05, 0) is 37.3 Å². The van der Waals surface area contributed by atoms with Crippen LogP contribution in [0.25, 0.3) is 0 Å². The lowest BCUT2D eigenvalue weighted by molar-refractivity contribution is -0.0324. The maximum atomic E-state index is 6.58. The summed E-state index contributed by atoms with van der Waals surface area (Å²) in [5.74, 6) is 0.374. The molecule has 0 spiro atoms. The lowest BCUT2D eigenvalue weighted by Crippen LogP contribution is -2.50. The first-order chi connectivity index (χ1) is 8.77. The molecule has 0 aliphatic heterocycles. The van der Waals surface area contributed by atoms with Gasteiger partial charge in [0.15, 0.2) is 0 Å². The van der Waals surface area contributed by atoms with E-state index < -0.39 is 0 Å². The van der Waals surface area contributed by atoms with Gasteiger partial charge in [0.1, 0.15) is 0 Å². The van der Waals surface area contributed by atoms with Crippen molar-refractivity contribution in [3.63, 3.8) is 0 Å². The van der Waals surface area contributed by atoms with E-state index in [0.29, 0.717) is 5.92 Å². The summed E-state index contributed by atoms with van der Waals surface area (Å²) in [6.45, 7) is 0. The Hall–Kier alpha value is -0.930. The van der Waals surface area contributed by atoms with Crippen molar-refractivity contribution >= 4 is 0 Å². The van der Waals surface area contributed by atoms with Gasteiger partial charge in [-0.3, -0.25) is 4.98 Å². The lowest BCUT2D eigenvalue weighted by atomic mass is 9.82. The van der Waals surface area contributed by atoms with E-state index in [1.165, 1.54) is 24.1 Å². The van der Waals surface area contributed by atoms with Crippen LogP contribution >= 0.6 is 0 Å². The average Bonchev–Trinajstić information content (AvgIpc) is 3.05. The maximum absolute atomic E-state index is 6.58. The Morgan fingerprint density at radius 2 is 2.22 bits per heavy atom. The zero-order valence-electron chi connectivity index (χ0n) is 11.1. The molecule has 2 aliphatic carbocycles. The summed E-state index contributed by atoms with van der Waals surface area (Å²) < 4.78 is 5.84. The summed E-state index contributed by atoms with van der Waals surface area (Å²) in [6.07, 6.45) is 8.80. The van der Waals surface area contributed by atoms with Gasteiger partial charge in [0.2, 0.25) is 0 Å². The number of nitrogens with two attached hydrogens (primary N) is 1. The molecule has 3 heteroatoms. The highest BCUT2D eigenvalue weighted by atomic mass is 16.5. The molecule has 1 aromatic heterocycles. The molecule has 1 aromatic rings. The highest BCUT2D eigenvalue weighted by molar-refractivity contribution is 5.31. The number of rotatable bonds is 3. The summed E-state index contributed by atoms with van der Waals surface area (Å²) in [7, 11) is 1.82. The van der Waals surface area contributed by atoms with Gasteiger partial charge in [0.05, 0.1) is 5.60 Å². The van der Waals surface area contributed by atoms with Crippen molar-refractivity contribution in [1.29, 1.82) is 0 Å². The van der Waals surface area contributed by atoms with E-state index >= 15 is 0 Å². The van der Waals surface area contributed by atoms with Crippen molar-refractivity contribution in [1.82, 2.24) is 4.98 Å². The number of nitrogens with zero attached hydrogens (tertiary/aromatic N) is 1. The van der Waals surface area contributed by atoms with E-state index in [-0.39, 0.29) is 11.6 Å². The van der Waals surface area contributed by atoms with Gasteiger partial charge in [0.25, 0.3) is 0 Å². The molecule has 1 saturated carbocycles. The Morgan fingerprint density at radius 3 is 2.94 bits per heavy atom. The fourth-order valence-corrected chi connectivity index (χ4v) is 3.81. The summed E-state index contributed by atoms with van der Waals surface area (Å²) >= 11 is 0. The maximum Gasteiger partial charge on any atom is 0.0835 e. The monoisotopic (exact) mass is 246 g/mol. The van der Waals surface area contributed by atoms with Gasteiger partial charge in [0, 0.05) is 31.0 Å². The second kappa shape index (κ2) is 4.63. The van der Waals surface area contributed by atoms with Gasteiger partial charge < -0.3 is 10.5 Å². The standard InChI is InChI=1S/C15H22N2O/c1-18-15(8-2-3-9-15)14(16)12-7-6-11-5-4-10-17-13(11)12/h4-5,10,12,14H,2-3,6-9,16H2,1H3. The molecule has 98 valence electrons. The van der Waals surface area contributed by atoms with E-state index in [9.17, 15) is 0 Å². The Balaban J connectivity index is 1.88. The van der Waals surface area contributed by atoms with Gasteiger partial charge in [-0.2, -0.15) is 0 Å². The SMILES string of the molecule is COC1(C(N)C2CCc3cccnc32)CCCC1. The van der Waals surface area contributed by atoms with Gasteiger partial charge in [-0.1, -0.05) is 18.9 Å². The summed E-state index contributed by atoms with van der Waals surface area (Å²) in [6, 6.07) is 4.29. The van der Waals surface area contributed by atoms with E-state index in [0.717, 1.165) is 25.7 Å². The molecular weight excluding hydrogens is 224 g/mol. The molecule has 0 aromatic carbocycles. The molecule has 0 radical (unpaired) electrons. The number of ether oxygens (including phenoxy) is 1. The second-order valence-electron chi connectivity index (χ2n) is 5.69. The molecule has 0 bridgehead atoms. The van der Waals surface area contributed by atoms with Crippen LogP contribution in [0.15, 0.2) is 18.3 Å². The Kier molecular flexibility index (Phi) is 3.12. The van der Waals surface area contributed by atoms with Crippen LogP contribution in [0.4, 0.5) is 0 Å². The van der Waals surface area contributed by atoms with Crippen LogP contribution in [0.3, 0.4) is 0 Å². The van der Waals surface area contributed by atoms with E-state index in [2.05, 4.69) is 11.1 Å². The topological polar surface area (TPSA) is 48.1 Å². The van der Waals surface area contributed by atoms with Crippen LogP contribution in [-0.4, -0.2) is 23.7 Å². The van der Waals surface area contributed by atoms with E-state index in [1.54, 1.807) is 0 Å². The minimum Gasteiger partial charge on any atom is -0.377 e. The third-order valence-corrected chi connectivity index (χ3v) is 4.90. The van der Waals surface area contributed by atoms with Crippen LogP contribution < -0.4 is 5.73 Å². The first kappa shape index (κ1) is 12.1. The van der Waals surface area contributed by atoms with Crippen molar-refractivity contribution in [3.05, 3.63) is 29.6 Å². The smallest absolute Gasteiger partial charge is 0.0835 e. The van der Waals surface area contributed by atoms with Crippen molar-refractivity contribution in [2.75, 3.05) is 7.11 Å². The molecule has 2 atom stereocenters. The molecule has 1 heterocycles. The van der Waals surface area contributed by atoms with Crippen LogP contribution in [0.1, 0.15) is 49.3 Å². The molecule has 2 unspecified atom stereocenters. The molecule has 2 N–H and O–H groups in total. The van der Waals surface area contributed by atoms with Crippen LogP contribution in [0.2, 0.25) is 0 Å². The molecule has 1 fully saturated rings. The van der Waals surface area contributed by atoms with Crippen molar-refractivity contribution in [3.8, 4) is 0 Å². The largest absolute Gasteiger partial charge is 0.377 e. The summed E-state index contributed by atoms with van der Waals surface area (Å²) in [5, 5.41) is 0. The third-order valence-electron chi connectivity index (χ3n) is 4.90. The molecule has 18 heavy (non-hydrogen) atoms. The van der Waals surface area contributed by atoms with Crippen LogP contribution in [0, 0.1) is 0 Å². The van der Waals surface area contributed by atoms with E-state index in [4.69, 9.17) is 10.5 Å². The molecule has 3 rings (SSSR count). The van der Waals surface area contributed by atoms with Gasteiger partial charge in [-0.25, -0.2) is 0 Å². The van der Waals surface area contributed by atoms with Crippen molar-refractivity contribution in [2.45, 2.75) is 56.1 Å². The van der Waals surface area contributed by atoms with Crippen molar-refractivity contribution in [2.24, 2.45) is 5.73 Å². The molecule has 0 saturated heterocycles. The number of pyridine rings is 1. The number of methoxy groups -OCH3 is 1. The Bertz CT molecular complexity index is 426. The molecule has 0 amide bonds. The summed E-state index contributed by atoms with van der Waals surface area (Å²) in [4.78, 5) is 4.56. The predicted octanol–water partition coefficient (Wildman–Crippen LogP) is 2.40. The Morgan fingerprint density at radius 1 is 1.44 bits per heavy atom. The highest BCUT2D eigenvalue weighted by Gasteiger charge is 2.45. The first-order valence-corrected chi connectivity index (χ1v) is 7.01. The van der Waals surface area contributed by atoms with E-state index in [1.807, 2.05) is 19.4 Å².